The van der Waals surface area contributed by atoms with Crippen molar-refractivity contribution < 1.29 is 0 Å². The van der Waals surface area contributed by atoms with Crippen LogP contribution in [0, 0.1) is 0 Å². The lowest BCUT2D eigenvalue weighted by Gasteiger charge is -2.19. The molecule has 0 radical (unpaired) electrons. The van der Waals surface area contributed by atoms with Crippen LogP contribution in [0.25, 0.3) is 117 Å². The first-order valence-electron chi connectivity index (χ1n) is 18.5. The number of fused-ring (bicyclic) bond motifs is 12. The smallest absolute Gasteiger partial charge is 0.0448 e. The van der Waals surface area contributed by atoms with Crippen LogP contribution in [0.15, 0.2) is 182 Å². The number of thiophene rings is 2. The van der Waals surface area contributed by atoms with Gasteiger partial charge >= 0.3 is 0 Å². The summed E-state index contributed by atoms with van der Waals surface area (Å²) in [6.07, 6.45) is 0. The van der Waals surface area contributed by atoms with Gasteiger partial charge in [0.15, 0.2) is 0 Å². The van der Waals surface area contributed by atoms with Crippen molar-refractivity contribution in [1.29, 1.82) is 0 Å². The zero-order chi connectivity index (χ0) is 35.3. The molecule has 0 aliphatic carbocycles. The fourth-order valence-corrected chi connectivity index (χ4v) is 11.7. The molecule has 0 atom stereocenters. The fourth-order valence-electron chi connectivity index (χ4n) is 9.09. The zero-order valence-electron chi connectivity index (χ0n) is 29.1. The van der Waals surface area contributed by atoms with Crippen LogP contribution in [0.5, 0.6) is 0 Å². The minimum absolute atomic E-state index is 1.23. The van der Waals surface area contributed by atoms with Crippen LogP contribution in [0.4, 0.5) is 0 Å². The van der Waals surface area contributed by atoms with Crippen LogP contribution in [-0.4, -0.2) is 0 Å². The van der Waals surface area contributed by atoms with Gasteiger partial charge in [-0.2, -0.15) is 0 Å². The average Bonchev–Trinajstić information content (AvgIpc) is 3.81. The molecule has 2 aromatic heterocycles. The molecular formula is C52H30S2. The summed E-state index contributed by atoms with van der Waals surface area (Å²) in [6.45, 7) is 0. The first kappa shape index (κ1) is 30.2. The molecule has 0 saturated carbocycles. The van der Waals surface area contributed by atoms with Gasteiger partial charge < -0.3 is 0 Å². The summed E-state index contributed by atoms with van der Waals surface area (Å²) in [5, 5.41) is 15.7. The van der Waals surface area contributed by atoms with Crippen molar-refractivity contribution in [2.24, 2.45) is 0 Å². The predicted molar refractivity (Wildman–Crippen MR) is 239 cm³/mol. The minimum atomic E-state index is 1.23. The molecule has 2 heterocycles. The Bertz CT molecular complexity index is 3430. The van der Waals surface area contributed by atoms with E-state index in [1.54, 1.807) is 0 Å². The quantitative estimate of drug-likeness (QED) is 0.160. The molecule has 12 aromatic rings. The Morgan fingerprint density at radius 3 is 1.57 bits per heavy atom. The van der Waals surface area contributed by atoms with Gasteiger partial charge in [-0.25, -0.2) is 0 Å². The van der Waals surface area contributed by atoms with E-state index in [0.717, 1.165) is 0 Å². The van der Waals surface area contributed by atoms with E-state index in [1.807, 2.05) is 22.7 Å². The fraction of sp³-hybridized carbons (Fsp3) is 0. The zero-order valence-corrected chi connectivity index (χ0v) is 30.8. The third-order valence-corrected chi connectivity index (χ3v) is 13.9. The largest absolute Gasteiger partial charge is 0.135 e. The van der Waals surface area contributed by atoms with Crippen molar-refractivity contribution >= 4 is 106 Å². The third-order valence-electron chi connectivity index (χ3n) is 11.5. The Morgan fingerprint density at radius 2 is 0.833 bits per heavy atom. The highest BCUT2D eigenvalue weighted by Crippen LogP contribution is 2.49. The highest BCUT2D eigenvalue weighted by Gasteiger charge is 2.20. The lowest BCUT2D eigenvalue weighted by atomic mass is 9.84. The Balaban J connectivity index is 1.07. The summed E-state index contributed by atoms with van der Waals surface area (Å²) in [7, 11) is 0. The molecule has 0 aliphatic rings. The van der Waals surface area contributed by atoms with E-state index in [4.69, 9.17) is 0 Å². The van der Waals surface area contributed by atoms with E-state index >= 15 is 0 Å². The van der Waals surface area contributed by atoms with Crippen molar-refractivity contribution in [1.82, 2.24) is 0 Å². The summed E-state index contributed by atoms with van der Waals surface area (Å²) < 4.78 is 5.48. The van der Waals surface area contributed by atoms with Gasteiger partial charge in [0.2, 0.25) is 0 Å². The molecule has 54 heavy (non-hydrogen) atoms. The van der Waals surface area contributed by atoms with E-state index in [2.05, 4.69) is 182 Å². The standard InChI is InChI=1S/C52H30S2/c1-2-14-34-31(12-1)13-11-22-36(34)49-39-18-6-4-16-37(39)48(38-17-5-7-19-40(38)49)33-26-24-32(25-27-33)44-30-45-42-28-29-47-50(43-21-9-10-23-46(43)53-47)52(42)54-51(45)41-20-8-3-15-35(41)44/h1-30H. The Labute approximate surface area is 319 Å². The van der Waals surface area contributed by atoms with E-state index in [-0.39, 0.29) is 0 Å². The van der Waals surface area contributed by atoms with Gasteiger partial charge in [-0.3, -0.25) is 0 Å². The first-order valence-corrected chi connectivity index (χ1v) is 20.1. The minimum Gasteiger partial charge on any atom is -0.135 e. The van der Waals surface area contributed by atoms with Crippen molar-refractivity contribution in [2.45, 2.75) is 0 Å². The van der Waals surface area contributed by atoms with Gasteiger partial charge in [0.1, 0.15) is 0 Å². The molecule has 0 fully saturated rings. The number of rotatable bonds is 3. The normalized spacial score (nSPS) is 12.1. The van der Waals surface area contributed by atoms with E-state index in [0.29, 0.717) is 0 Å². The molecule has 0 N–H and O–H groups in total. The average molecular weight is 719 g/mol. The summed E-state index contributed by atoms with van der Waals surface area (Å²) in [6, 6.07) is 67.7. The molecule has 0 aliphatic heterocycles. The van der Waals surface area contributed by atoms with Crippen LogP contribution in [0.2, 0.25) is 0 Å². The van der Waals surface area contributed by atoms with Gasteiger partial charge in [0.05, 0.1) is 0 Å². The second-order valence-electron chi connectivity index (χ2n) is 14.3. The Hall–Kier alpha value is -6.32. The first-order chi connectivity index (χ1) is 26.8. The second kappa shape index (κ2) is 11.6. The molecule has 250 valence electrons. The Morgan fingerprint density at radius 1 is 0.278 bits per heavy atom. The SMILES string of the molecule is c1ccc2c(-c3c4ccccc4c(-c4ccc(-c5cc6c7ccc8sc9ccccc9c8c7sc6c6ccccc56)cc4)c4ccccc34)cccc2c1. The van der Waals surface area contributed by atoms with Crippen molar-refractivity contribution in [3.05, 3.63) is 182 Å². The molecule has 0 saturated heterocycles. The second-order valence-corrected chi connectivity index (χ2v) is 16.4. The van der Waals surface area contributed by atoms with Gasteiger partial charge in [-0.15, -0.1) is 22.7 Å². The van der Waals surface area contributed by atoms with Crippen LogP contribution in [0.3, 0.4) is 0 Å². The van der Waals surface area contributed by atoms with Gasteiger partial charge in [-0.1, -0.05) is 164 Å². The maximum atomic E-state index is 2.45. The highest BCUT2D eigenvalue weighted by molar-refractivity contribution is 7.30. The van der Waals surface area contributed by atoms with Crippen molar-refractivity contribution in [2.75, 3.05) is 0 Å². The van der Waals surface area contributed by atoms with E-state index < -0.39 is 0 Å². The van der Waals surface area contributed by atoms with Gasteiger partial charge in [0, 0.05) is 45.7 Å². The lowest BCUT2D eigenvalue weighted by Crippen LogP contribution is -1.91. The molecule has 0 nitrogen and oxygen atoms in total. The molecule has 0 unspecified atom stereocenters. The summed E-state index contributed by atoms with van der Waals surface area (Å²) >= 11 is 3.85. The van der Waals surface area contributed by atoms with E-state index in [9.17, 15) is 0 Å². The monoisotopic (exact) mass is 718 g/mol. The van der Waals surface area contributed by atoms with Crippen molar-refractivity contribution in [3.8, 4) is 33.4 Å². The molecule has 0 spiro atoms. The summed E-state index contributed by atoms with van der Waals surface area (Å²) in [5.41, 5.74) is 7.61. The summed E-state index contributed by atoms with van der Waals surface area (Å²) in [4.78, 5) is 0. The van der Waals surface area contributed by atoms with Gasteiger partial charge in [0.25, 0.3) is 0 Å². The highest BCUT2D eigenvalue weighted by atomic mass is 32.1. The maximum absolute atomic E-state index is 2.45. The third kappa shape index (κ3) is 4.30. The molecular weight excluding hydrogens is 689 g/mol. The van der Waals surface area contributed by atoms with Crippen molar-refractivity contribution in [3.63, 3.8) is 0 Å². The molecule has 2 heteroatoms. The Kier molecular flexibility index (Phi) is 6.48. The van der Waals surface area contributed by atoms with Gasteiger partial charge in [-0.05, 0) is 89.3 Å². The van der Waals surface area contributed by atoms with Crippen LogP contribution in [-0.2, 0) is 0 Å². The van der Waals surface area contributed by atoms with E-state index in [1.165, 1.54) is 117 Å². The number of benzene rings is 10. The topological polar surface area (TPSA) is 0 Å². The van der Waals surface area contributed by atoms with Crippen LogP contribution in [0.1, 0.15) is 0 Å². The molecule has 0 bridgehead atoms. The molecule has 12 rings (SSSR count). The predicted octanol–water partition coefficient (Wildman–Crippen LogP) is 16.0. The number of hydrogen-bond acceptors (Lipinski definition) is 2. The molecule has 0 amide bonds. The number of hydrogen-bond donors (Lipinski definition) is 0. The van der Waals surface area contributed by atoms with Crippen LogP contribution >= 0.6 is 22.7 Å². The lowest BCUT2D eigenvalue weighted by molar-refractivity contribution is 1.65. The van der Waals surface area contributed by atoms with Crippen LogP contribution < -0.4 is 0 Å². The summed E-state index contributed by atoms with van der Waals surface area (Å²) in [5.74, 6) is 0. The maximum Gasteiger partial charge on any atom is 0.0448 e. The molecule has 10 aromatic carbocycles.